The maximum absolute atomic E-state index is 11.3. The van der Waals surface area contributed by atoms with Gasteiger partial charge in [0, 0.05) is 11.6 Å². The van der Waals surface area contributed by atoms with E-state index in [-0.39, 0.29) is 22.4 Å². The van der Waals surface area contributed by atoms with Crippen molar-refractivity contribution in [1.82, 2.24) is 0 Å². The third-order valence-electron chi connectivity index (χ3n) is 11.1. The second kappa shape index (κ2) is 31.0. The van der Waals surface area contributed by atoms with E-state index < -0.39 is 72.5 Å². The molecule has 8 heteroatoms. The number of nitrogens with zero attached hydrogens (tertiary/aromatic N) is 2. The summed E-state index contributed by atoms with van der Waals surface area (Å²) in [4.78, 5) is 11.3. The van der Waals surface area contributed by atoms with E-state index in [4.69, 9.17) is 10.5 Å². The van der Waals surface area contributed by atoms with E-state index in [9.17, 15) is 4.79 Å². The third-order valence-corrected chi connectivity index (χ3v) is 34.5. The molecule has 0 spiro atoms. The van der Waals surface area contributed by atoms with E-state index in [2.05, 4.69) is 278 Å². The van der Waals surface area contributed by atoms with Gasteiger partial charge < -0.3 is 10.7 Å². The maximum atomic E-state index is 11.3. The topological polar surface area (TPSA) is 75.2 Å². The van der Waals surface area contributed by atoms with E-state index in [1.807, 2.05) is 0 Å². The molecule has 1 N–H and O–H groups in total. The average molecular weight is 1350 g/mol. The number of hydroxylamine groups is 1. The van der Waals surface area contributed by atoms with Gasteiger partial charge in [0.25, 0.3) is 0 Å². The Labute approximate surface area is 457 Å². The van der Waals surface area contributed by atoms with E-state index >= 15 is 0 Å². The summed E-state index contributed by atoms with van der Waals surface area (Å²) < 4.78 is 13.8. The molecule has 3 radical (unpaired) electrons. The van der Waals surface area contributed by atoms with Crippen LogP contribution in [0.25, 0.3) is 5.48 Å². The van der Waals surface area contributed by atoms with Crippen molar-refractivity contribution in [3.8, 4) is 6.07 Å². The number of hydrogen-bond donors (Lipinski definition) is 1. The quantitative estimate of drug-likeness (QED) is 0.0793. The van der Waals surface area contributed by atoms with Gasteiger partial charge in [-0.05, 0) is 0 Å². The molecule has 0 aliphatic carbocycles. The minimum absolute atomic E-state index is 0. The second-order valence-electron chi connectivity index (χ2n) is 15.8. The van der Waals surface area contributed by atoms with E-state index in [0.29, 0.717) is 5.56 Å². The molecule has 0 bridgehead atoms. The number of carbonyl (C=O) groups is 1. The van der Waals surface area contributed by atoms with Crippen molar-refractivity contribution in [2.45, 2.75) is 6.04 Å². The summed E-state index contributed by atoms with van der Waals surface area (Å²) >= 11 is -5.94. The number of ketones is 1. The molecule has 4 nitrogen and oxygen atoms in total. The Morgan fingerprint density at radius 1 is 0.324 bits per heavy atom. The predicted molar refractivity (Wildman–Crippen MR) is 301 cm³/mol. The van der Waals surface area contributed by atoms with Gasteiger partial charge in [0.2, 0.25) is 0 Å². The van der Waals surface area contributed by atoms with Gasteiger partial charge in [-0.25, -0.2) is 0 Å². The zero-order chi connectivity index (χ0) is 48.4. The summed E-state index contributed by atoms with van der Waals surface area (Å²) in [6.07, 6.45) is 0. The van der Waals surface area contributed by atoms with Crippen molar-refractivity contribution >= 4 is 98.0 Å². The first-order chi connectivity index (χ1) is 34.6. The molecule has 0 heterocycles. The Hall–Kier alpha value is -5.53. The monoisotopic (exact) mass is 1340 g/mol. The summed E-state index contributed by atoms with van der Waals surface area (Å²) in [5, 5.41) is 16.8. The van der Waals surface area contributed by atoms with Crippen LogP contribution >= 0.6 is 0 Å². The van der Waals surface area contributed by atoms with Crippen LogP contribution in [0.5, 0.6) is 0 Å². The van der Waals surface area contributed by atoms with E-state index in [1.54, 1.807) is 36.4 Å². The Morgan fingerprint density at radius 2 is 0.479 bits per heavy atom. The van der Waals surface area contributed by atoms with Gasteiger partial charge in [0.15, 0.2) is 5.78 Å². The molecule has 10 aromatic rings. The summed E-state index contributed by atoms with van der Waals surface area (Å²) in [7, 11) is 0. The van der Waals surface area contributed by atoms with E-state index in [1.165, 1.54) is 31.6 Å². The zero-order valence-electron chi connectivity index (χ0n) is 39.0. The summed E-state index contributed by atoms with van der Waals surface area (Å²) in [6, 6.07) is 107. The van der Waals surface area contributed by atoms with Crippen LogP contribution in [0.4, 0.5) is 0 Å². The van der Waals surface area contributed by atoms with Crippen LogP contribution in [0.15, 0.2) is 303 Å². The van der Waals surface area contributed by atoms with Gasteiger partial charge in [-0.15, -0.1) is 0 Å². The van der Waals surface area contributed by atoms with Crippen molar-refractivity contribution in [3.63, 3.8) is 0 Å². The molecular weight excluding hydrogens is 1290 g/mol. The third kappa shape index (κ3) is 16.8. The SMILES string of the molecule is N#CC([N-]O)C(=O)c1ccccc1.[Ag+].c1cc[c]([SbH]([c]2ccccc2)[c]2ccccc2)cc1.c1cc[c]([SbH]([c]2ccccc2)[c]2ccccc2)cc1.c1cc[c]([SbH]([c]2ccccc2)[c]2ccccc2)cc1. The van der Waals surface area contributed by atoms with Crippen molar-refractivity contribution in [2.75, 3.05) is 0 Å². The summed E-state index contributed by atoms with van der Waals surface area (Å²) in [6.45, 7) is 0. The van der Waals surface area contributed by atoms with Gasteiger partial charge in [-0.1, -0.05) is 30.3 Å². The molecule has 0 fully saturated rings. The van der Waals surface area contributed by atoms with Crippen LogP contribution in [-0.2, 0) is 22.4 Å². The van der Waals surface area contributed by atoms with Crippen LogP contribution in [-0.4, -0.2) is 77.7 Å². The number of hydrogen-bond acceptors (Lipinski definition) is 3. The van der Waals surface area contributed by atoms with Crippen LogP contribution < -0.4 is 31.6 Å². The fourth-order valence-corrected chi connectivity index (χ4v) is 29.9. The van der Waals surface area contributed by atoms with Crippen molar-refractivity contribution < 1.29 is 32.4 Å². The van der Waals surface area contributed by atoms with Crippen molar-refractivity contribution in [3.05, 3.63) is 314 Å². The molecule has 0 aliphatic rings. The van der Waals surface area contributed by atoms with Crippen LogP contribution in [0.3, 0.4) is 0 Å². The van der Waals surface area contributed by atoms with Gasteiger partial charge in [-0.3, -0.25) is 4.79 Å². The number of carbonyl (C=O) groups excluding carboxylic acids is 1. The van der Waals surface area contributed by atoms with Gasteiger partial charge >= 0.3 is 388 Å². The molecule has 355 valence electrons. The zero-order valence-corrected chi connectivity index (χ0v) is 49.0. The number of rotatable bonds is 12. The van der Waals surface area contributed by atoms with Crippen LogP contribution in [0.2, 0.25) is 0 Å². The first-order valence-corrected chi connectivity index (χ1v) is 35.9. The standard InChI is InChI=1S/C9H7N2O2.9C6H5.Ag.3Sb.3H/c10-6-8(11-13)9(12)7-4-2-1-3-5-7;9*1-2-4-6-5-3-1;;;;;;;/h1-5,8,13H;9*1-5H;;;;;;;/q-1;;;;;;;;;;+1;;;;;;. The number of nitriles is 1. The molecule has 1 unspecified atom stereocenters. The Bertz CT molecular complexity index is 2470. The van der Waals surface area contributed by atoms with Crippen molar-refractivity contribution in [1.29, 1.82) is 5.26 Å². The van der Waals surface area contributed by atoms with Gasteiger partial charge in [0.1, 0.15) is 0 Å². The van der Waals surface area contributed by atoms with E-state index in [0.717, 1.165) is 0 Å². The minimum atomic E-state index is -1.98. The summed E-state index contributed by atoms with van der Waals surface area (Å²) in [5.41, 5.74) is 3.04. The molecule has 10 aromatic carbocycles. The molecule has 10 rings (SSSR count). The Balaban J connectivity index is 0.000000156. The summed E-state index contributed by atoms with van der Waals surface area (Å²) in [5.74, 6) is -0.495. The van der Waals surface area contributed by atoms with Crippen LogP contribution in [0, 0.1) is 11.3 Å². The Kier molecular flexibility index (Phi) is 24.0. The first kappa shape index (κ1) is 54.8. The van der Waals surface area contributed by atoms with Gasteiger partial charge in [0.05, 0.1) is 6.07 Å². The van der Waals surface area contributed by atoms with Crippen LogP contribution in [0.1, 0.15) is 10.4 Å². The second-order valence-corrected chi connectivity index (χ2v) is 37.0. The molecule has 0 aromatic heterocycles. The fraction of sp³-hybridized carbons (Fsp3) is 0.0159. The molecule has 0 saturated heterocycles. The van der Waals surface area contributed by atoms with Crippen molar-refractivity contribution in [2.24, 2.45) is 0 Å². The van der Waals surface area contributed by atoms with Gasteiger partial charge in [-0.2, -0.15) is 5.26 Å². The molecule has 1 atom stereocenters. The molecule has 0 amide bonds. The molecular formula is C63H55AgN2O2Sb3. The molecule has 0 saturated carbocycles. The Morgan fingerprint density at radius 3 is 0.620 bits per heavy atom. The normalized spacial score (nSPS) is 10.6. The fourth-order valence-electron chi connectivity index (χ4n) is 7.84. The first-order valence-electron chi connectivity index (χ1n) is 23.1. The molecule has 0 aliphatic heterocycles. The molecule has 71 heavy (non-hydrogen) atoms. The number of Topliss-reactive ketones (excluding diaryl/α,β-unsaturated/α-hetero) is 1. The average Bonchev–Trinajstić information content (AvgIpc) is 3.45. The number of benzene rings is 10. The predicted octanol–water partition coefficient (Wildman–Crippen LogP) is 7.33.